The van der Waals surface area contributed by atoms with Crippen molar-refractivity contribution < 1.29 is 9.47 Å². The number of pyridine rings is 2. The van der Waals surface area contributed by atoms with Gasteiger partial charge in [0.1, 0.15) is 18.4 Å². The first kappa shape index (κ1) is 19.4. The Bertz CT molecular complexity index is 1260. The molecule has 5 heteroatoms. The number of aryl methyl sites for hydroxylation is 1. The second kappa shape index (κ2) is 8.22. The molecule has 148 valence electrons. The maximum atomic E-state index is 9.52. The lowest BCUT2D eigenvalue weighted by Gasteiger charge is -2.14. The molecule has 0 aliphatic carbocycles. The Morgan fingerprint density at radius 1 is 1.00 bits per heavy atom. The standard InChI is InChI=1S/C25H21N3O2/c1-16-4-7-20-12-19(8-11-23(20)28-16)22-14-27-24(13-26)25(17(22)2)30-15-18-5-9-21(29-3)10-6-18/h4-12,14H,15H2,1-3H3. The van der Waals surface area contributed by atoms with Crippen LogP contribution in [0, 0.1) is 25.2 Å². The van der Waals surface area contributed by atoms with Gasteiger partial charge in [0.25, 0.3) is 0 Å². The van der Waals surface area contributed by atoms with Gasteiger partial charge in [-0.15, -0.1) is 0 Å². The van der Waals surface area contributed by atoms with Gasteiger partial charge in [-0.3, -0.25) is 4.98 Å². The largest absolute Gasteiger partial charge is 0.497 e. The third-order valence-corrected chi connectivity index (χ3v) is 5.07. The summed E-state index contributed by atoms with van der Waals surface area (Å²) in [5.74, 6) is 1.30. The molecular formula is C25H21N3O2. The summed E-state index contributed by atoms with van der Waals surface area (Å²) in [6.07, 6.45) is 1.73. The first-order valence-electron chi connectivity index (χ1n) is 9.62. The van der Waals surface area contributed by atoms with Gasteiger partial charge in [-0.25, -0.2) is 4.98 Å². The number of methoxy groups -OCH3 is 1. The van der Waals surface area contributed by atoms with Crippen LogP contribution >= 0.6 is 0 Å². The first-order valence-corrected chi connectivity index (χ1v) is 9.62. The summed E-state index contributed by atoms with van der Waals surface area (Å²) in [5.41, 5.74) is 6.03. The summed E-state index contributed by atoms with van der Waals surface area (Å²) in [4.78, 5) is 8.91. The van der Waals surface area contributed by atoms with Gasteiger partial charge in [0.2, 0.25) is 0 Å². The average molecular weight is 395 g/mol. The molecule has 0 radical (unpaired) electrons. The fourth-order valence-electron chi connectivity index (χ4n) is 3.40. The number of nitriles is 1. The molecule has 0 N–H and O–H groups in total. The molecule has 0 fully saturated rings. The van der Waals surface area contributed by atoms with Crippen molar-refractivity contribution in [1.82, 2.24) is 9.97 Å². The highest BCUT2D eigenvalue weighted by atomic mass is 16.5. The van der Waals surface area contributed by atoms with Crippen LogP contribution in [0.2, 0.25) is 0 Å². The zero-order chi connectivity index (χ0) is 21.1. The van der Waals surface area contributed by atoms with Gasteiger partial charge >= 0.3 is 0 Å². The summed E-state index contributed by atoms with van der Waals surface area (Å²) in [5, 5.41) is 10.6. The van der Waals surface area contributed by atoms with Gasteiger partial charge in [0, 0.05) is 28.4 Å². The van der Waals surface area contributed by atoms with E-state index in [-0.39, 0.29) is 5.69 Å². The number of hydrogen-bond acceptors (Lipinski definition) is 5. The van der Waals surface area contributed by atoms with Crippen molar-refractivity contribution in [2.24, 2.45) is 0 Å². The second-order valence-electron chi connectivity index (χ2n) is 7.08. The third-order valence-electron chi connectivity index (χ3n) is 5.07. The molecule has 5 nitrogen and oxygen atoms in total. The lowest BCUT2D eigenvalue weighted by atomic mass is 9.99. The number of benzene rings is 2. The predicted octanol–water partition coefficient (Wildman–Crippen LogP) is 5.37. The minimum Gasteiger partial charge on any atom is -0.497 e. The third kappa shape index (κ3) is 3.81. The quantitative estimate of drug-likeness (QED) is 0.454. The van der Waals surface area contributed by atoms with Crippen LogP contribution in [0.5, 0.6) is 11.5 Å². The molecule has 30 heavy (non-hydrogen) atoms. The Morgan fingerprint density at radius 2 is 1.80 bits per heavy atom. The van der Waals surface area contributed by atoms with Gasteiger partial charge in [0.15, 0.2) is 11.4 Å². The van der Waals surface area contributed by atoms with Crippen LogP contribution in [0.15, 0.2) is 60.8 Å². The first-order chi connectivity index (χ1) is 14.6. The molecule has 0 saturated heterocycles. The highest BCUT2D eigenvalue weighted by Gasteiger charge is 2.15. The fourth-order valence-corrected chi connectivity index (χ4v) is 3.40. The van der Waals surface area contributed by atoms with E-state index < -0.39 is 0 Å². The Morgan fingerprint density at radius 3 is 2.53 bits per heavy atom. The zero-order valence-corrected chi connectivity index (χ0v) is 17.1. The molecular weight excluding hydrogens is 374 g/mol. The molecule has 2 aromatic heterocycles. The van der Waals surface area contributed by atoms with Crippen molar-refractivity contribution in [2.45, 2.75) is 20.5 Å². The van der Waals surface area contributed by atoms with E-state index in [2.05, 4.69) is 28.2 Å². The Hall–Kier alpha value is -3.91. The molecule has 2 heterocycles. The van der Waals surface area contributed by atoms with Crippen LogP contribution in [0.4, 0.5) is 0 Å². The summed E-state index contributed by atoms with van der Waals surface area (Å²) in [6.45, 7) is 4.28. The lowest BCUT2D eigenvalue weighted by molar-refractivity contribution is 0.301. The van der Waals surface area contributed by atoms with E-state index in [1.165, 1.54) is 0 Å². The summed E-state index contributed by atoms with van der Waals surface area (Å²) in [7, 11) is 1.63. The molecule has 0 spiro atoms. The molecule has 4 rings (SSSR count). The molecule has 0 aliphatic rings. The number of ether oxygens (including phenoxy) is 2. The van der Waals surface area contributed by atoms with E-state index in [0.717, 1.165) is 44.6 Å². The van der Waals surface area contributed by atoms with Crippen LogP contribution in [-0.2, 0) is 6.61 Å². The smallest absolute Gasteiger partial charge is 0.182 e. The van der Waals surface area contributed by atoms with Crippen LogP contribution in [0.3, 0.4) is 0 Å². The van der Waals surface area contributed by atoms with E-state index in [1.54, 1.807) is 13.3 Å². The zero-order valence-electron chi connectivity index (χ0n) is 17.1. The Labute approximate surface area is 175 Å². The average Bonchev–Trinajstić information content (AvgIpc) is 2.78. The molecule has 2 aromatic carbocycles. The van der Waals surface area contributed by atoms with Crippen molar-refractivity contribution in [3.05, 3.63) is 83.3 Å². The molecule has 4 aromatic rings. The molecule has 0 saturated carbocycles. The topological polar surface area (TPSA) is 68.0 Å². The van der Waals surface area contributed by atoms with Gasteiger partial charge in [-0.05, 0) is 55.3 Å². The van der Waals surface area contributed by atoms with Crippen molar-refractivity contribution in [3.8, 4) is 28.7 Å². The van der Waals surface area contributed by atoms with Crippen molar-refractivity contribution >= 4 is 10.9 Å². The summed E-state index contributed by atoms with van der Waals surface area (Å²) in [6, 6.07) is 20.0. The van der Waals surface area contributed by atoms with Crippen molar-refractivity contribution in [3.63, 3.8) is 0 Å². The fraction of sp³-hybridized carbons (Fsp3) is 0.160. The minimum atomic E-state index is 0.280. The SMILES string of the molecule is COc1ccc(COc2c(C#N)ncc(-c3ccc4nc(C)ccc4c3)c2C)cc1. The number of nitrogens with zero attached hydrogens (tertiary/aromatic N) is 3. The molecule has 0 bridgehead atoms. The van der Waals surface area contributed by atoms with Gasteiger partial charge in [0.05, 0.1) is 12.6 Å². The molecule has 0 unspecified atom stereocenters. The summed E-state index contributed by atoms with van der Waals surface area (Å²) < 4.78 is 11.2. The van der Waals surface area contributed by atoms with Crippen molar-refractivity contribution in [2.75, 3.05) is 7.11 Å². The number of rotatable bonds is 5. The van der Waals surface area contributed by atoms with E-state index in [1.807, 2.05) is 56.3 Å². The van der Waals surface area contributed by atoms with E-state index in [4.69, 9.17) is 9.47 Å². The van der Waals surface area contributed by atoms with Gasteiger partial charge in [-0.1, -0.05) is 24.3 Å². The van der Waals surface area contributed by atoms with E-state index in [0.29, 0.717) is 12.4 Å². The van der Waals surface area contributed by atoms with Gasteiger partial charge < -0.3 is 9.47 Å². The molecule has 0 amide bonds. The number of aromatic nitrogens is 2. The van der Waals surface area contributed by atoms with E-state index in [9.17, 15) is 5.26 Å². The van der Waals surface area contributed by atoms with Crippen LogP contribution < -0.4 is 9.47 Å². The predicted molar refractivity (Wildman–Crippen MR) is 116 cm³/mol. The number of fused-ring (bicyclic) bond motifs is 1. The monoisotopic (exact) mass is 395 g/mol. The minimum absolute atomic E-state index is 0.280. The van der Waals surface area contributed by atoms with Crippen molar-refractivity contribution in [1.29, 1.82) is 5.26 Å². The highest BCUT2D eigenvalue weighted by molar-refractivity contribution is 5.85. The number of hydrogen-bond donors (Lipinski definition) is 0. The molecule has 0 aliphatic heterocycles. The summed E-state index contributed by atoms with van der Waals surface area (Å²) >= 11 is 0. The van der Waals surface area contributed by atoms with Crippen LogP contribution in [0.25, 0.3) is 22.0 Å². The van der Waals surface area contributed by atoms with Crippen LogP contribution in [0.1, 0.15) is 22.5 Å². The Balaban J connectivity index is 1.68. The lowest BCUT2D eigenvalue weighted by Crippen LogP contribution is -2.02. The van der Waals surface area contributed by atoms with E-state index >= 15 is 0 Å². The maximum Gasteiger partial charge on any atom is 0.182 e. The second-order valence-corrected chi connectivity index (χ2v) is 7.08. The Kier molecular flexibility index (Phi) is 5.32. The molecule has 0 atom stereocenters. The maximum absolute atomic E-state index is 9.52. The van der Waals surface area contributed by atoms with Crippen LogP contribution in [-0.4, -0.2) is 17.1 Å². The van der Waals surface area contributed by atoms with Gasteiger partial charge in [-0.2, -0.15) is 5.26 Å². The normalized spacial score (nSPS) is 10.6. The highest BCUT2D eigenvalue weighted by Crippen LogP contribution is 2.33.